The van der Waals surface area contributed by atoms with E-state index in [0.717, 1.165) is 17.7 Å². The van der Waals surface area contributed by atoms with Crippen molar-refractivity contribution < 1.29 is 24.1 Å². The molecule has 1 saturated heterocycles. The van der Waals surface area contributed by atoms with E-state index in [1.807, 2.05) is 24.3 Å². The van der Waals surface area contributed by atoms with E-state index in [4.69, 9.17) is 18.9 Å². The van der Waals surface area contributed by atoms with Gasteiger partial charge in [0.05, 0.1) is 32.5 Å². The third-order valence-corrected chi connectivity index (χ3v) is 4.27. The van der Waals surface area contributed by atoms with Crippen LogP contribution in [0.5, 0.6) is 5.75 Å². The zero-order chi connectivity index (χ0) is 16.7. The Labute approximate surface area is 138 Å². The third-order valence-electron chi connectivity index (χ3n) is 4.27. The number of methoxy groups -OCH3 is 2. The fourth-order valence-corrected chi connectivity index (χ4v) is 2.62. The highest BCUT2D eigenvalue weighted by atomic mass is 16.6. The number of hydrogen-bond donors (Lipinski definition) is 1. The Morgan fingerprint density at radius 1 is 1.17 bits per heavy atom. The van der Waals surface area contributed by atoms with Gasteiger partial charge in [-0.15, -0.1) is 0 Å². The minimum Gasteiger partial charge on any atom is -0.497 e. The van der Waals surface area contributed by atoms with Crippen LogP contribution in [0.15, 0.2) is 24.3 Å². The molecule has 5 nitrogen and oxygen atoms in total. The van der Waals surface area contributed by atoms with Crippen LogP contribution < -0.4 is 4.74 Å². The van der Waals surface area contributed by atoms with Crippen LogP contribution in [-0.2, 0) is 20.8 Å². The Bertz CT molecular complexity index is 447. The Balaban J connectivity index is 1.57. The van der Waals surface area contributed by atoms with Gasteiger partial charge in [0.2, 0.25) is 0 Å². The van der Waals surface area contributed by atoms with Gasteiger partial charge in [0, 0.05) is 13.7 Å². The molecule has 1 aromatic carbocycles. The van der Waals surface area contributed by atoms with Crippen LogP contribution in [0.1, 0.15) is 25.3 Å². The summed E-state index contributed by atoms with van der Waals surface area (Å²) >= 11 is 0. The van der Waals surface area contributed by atoms with Crippen LogP contribution >= 0.6 is 0 Å². The summed E-state index contributed by atoms with van der Waals surface area (Å²) < 4.78 is 21.3. The second-order valence-electron chi connectivity index (χ2n) is 6.14. The zero-order valence-corrected chi connectivity index (χ0v) is 14.2. The monoisotopic (exact) mass is 324 g/mol. The first kappa shape index (κ1) is 18.2. The summed E-state index contributed by atoms with van der Waals surface area (Å²) in [6.45, 7) is 3.79. The predicted octanol–water partition coefficient (Wildman–Crippen LogP) is 2.40. The van der Waals surface area contributed by atoms with Gasteiger partial charge in [0.15, 0.2) is 0 Å². The lowest BCUT2D eigenvalue weighted by molar-refractivity contribution is 0.0454. The molecule has 130 valence electrons. The SMILES string of the molecule is COC[C@@H]1O[C@H]1C[C@H](C)[C@@H](O)CCOCc1ccc(OC)cc1. The van der Waals surface area contributed by atoms with Crippen molar-refractivity contribution in [2.24, 2.45) is 5.92 Å². The summed E-state index contributed by atoms with van der Waals surface area (Å²) in [7, 11) is 3.33. The first-order chi connectivity index (χ1) is 11.1. The van der Waals surface area contributed by atoms with E-state index in [2.05, 4.69) is 6.92 Å². The lowest BCUT2D eigenvalue weighted by Crippen LogP contribution is -2.22. The Kier molecular flexibility index (Phi) is 7.30. The number of epoxide rings is 1. The van der Waals surface area contributed by atoms with E-state index in [1.165, 1.54) is 0 Å². The van der Waals surface area contributed by atoms with Crippen molar-refractivity contribution in [3.8, 4) is 5.75 Å². The van der Waals surface area contributed by atoms with Crippen molar-refractivity contribution in [2.75, 3.05) is 27.4 Å². The van der Waals surface area contributed by atoms with Gasteiger partial charge >= 0.3 is 0 Å². The largest absolute Gasteiger partial charge is 0.497 e. The molecule has 4 atom stereocenters. The molecule has 1 aromatic rings. The number of hydrogen-bond acceptors (Lipinski definition) is 5. The lowest BCUT2D eigenvalue weighted by Gasteiger charge is -2.18. The fraction of sp³-hybridized carbons (Fsp3) is 0.667. The van der Waals surface area contributed by atoms with Gasteiger partial charge in [-0.3, -0.25) is 0 Å². The smallest absolute Gasteiger partial charge is 0.118 e. The Morgan fingerprint density at radius 3 is 2.57 bits per heavy atom. The molecule has 1 N–H and O–H groups in total. The summed E-state index contributed by atoms with van der Waals surface area (Å²) in [6, 6.07) is 7.81. The van der Waals surface area contributed by atoms with Gasteiger partial charge in [0.25, 0.3) is 0 Å². The quantitative estimate of drug-likeness (QED) is 0.500. The second kappa shape index (κ2) is 9.23. The molecule has 1 aliphatic heterocycles. The molecular formula is C18H28O5. The molecule has 2 rings (SSSR count). The van der Waals surface area contributed by atoms with Crippen molar-refractivity contribution in [3.05, 3.63) is 29.8 Å². The van der Waals surface area contributed by atoms with Crippen LogP contribution in [0.2, 0.25) is 0 Å². The normalized spacial score (nSPS) is 22.6. The first-order valence-corrected chi connectivity index (χ1v) is 8.17. The van der Waals surface area contributed by atoms with Crippen LogP contribution in [0, 0.1) is 5.92 Å². The van der Waals surface area contributed by atoms with Crippen molar-refractivity contribution >= 4 is 0 Å². The molecule has 1 fully saturated rings. The van der Waals surface area contributed by atoms with E-state index in [1.54, 1.807) is 14.2 Å². The highest BCUT2D eigenvalue weighted by Gasteiger charge is 2.40. The maximum Gasteiger partial charge on any atom is 0.118 e. The predicted molar refractivity (Wildman–Crippen MR) is 87.6 cm³/mol. The van der Waals surface area contributed by atoms with E-state index in [-0.39, 0.29) is 24.2 Å². The number of aliphatic hydroxyl groups is 1. The maximum atomic E-state index is 10.2. The third kappa shape index (κ3) is 6.11. The molecule has 0 aliphatic carbocycles. The van der Waals surface area contributed by atoms with Gasteiger partial charge in [-0.1, -0.05) is 19.1 Å². The maximum absolute atomic E-state index is 10.2. The molecule has 0 bridgehead atoms. The highest BCUT2D eigenvalue weighted by Crippen LogP contribution is 2.30. The fourth-order valence-electron chi connectivity index (χ4n) is 2.62. The Morgan fingerprint density at radius 2 is 1.91 bits per heavy atom. The van der Waals surface area contributed by atoms with E-state index in [0.29, 0.717) is 26.2 Å². The van der Waals surface area contributed by atoms with Crippen molar-refractivity contribution in [1.29, 1.82) is 0 Å². The second-order valence-corrected chi connectivity index (χ2v) is 6.14. The van der Waals surface area contributed by atoms with Crippen LogP contribution in [0.4, 0.5) is 0 Å². The summed E-state index contributed by atoms with van der Waals surface area (Å²) in [4.78, 5) is 0. The zero-order valence-electron chi connectivity index (χ0n) is 14.2. The topological polar surface area (TPSA) is 60.5 Å². The van der Waals surface area contributed by atoms with Crippen LogP contribution in [-0.4, -0.2) is 50.9 Å². The number of benzene rings is 1. The molecule has 0 aromatic heterocycles. The summed E-state index contributed by atoms with van der Waals surface area (Å²) in [5, 5.41) is 10.2. The van der Waals surface area contributed by atoms with Gasteiger partial charge in [-0.2, -0.15) is 0 Å². The molecule has 0 saturated carbocycles. The first-order valence-electron chi connectivity index (χ1n) is 8.17. The molecule has 0 amide bonds. The summed E-state index contributed by atoms with van der Waals surface area (Å²) in [6.07, 6.45) is 1.59. The summed E-state index contributed by atoms with van der Waals surface area (Å²) in [5.41, 5.74) is 1.10. The standard InChI is InChI=1S/C18H28O5/c1-13(10-17-18(23-17)12-20-2)16(19)8-9-22-11-14-4-6-15(21-3)7-5-14/h4-7,13,16-19H,8-12H2,1-3H3/t13-,16-,17-,18-/m0/s1. The summed E-state index contributed by atoms with van der Waals surface area (Å²) in [5.74, 6) is 1.04. The average Bonchev–Trinajstić information content (AvgIpc) is 3.29. The van der Waals surface area contributed by atoms with Gasteiger partial charge < -0.3 is 24.1 Å². The number of ether oxygens (including phenoxy) is 4. The highest BCUT2D eigenvalue weighted by molar-refractivity contribution is 5.26. The molecule has 23 heavy (non-hydrogen) atoms. The van der Waals surface area contributed by atoms with E-state index < -0.39 is 0 Å². The van der Waals surface area contributed by atoms with Crippen molar-refractivity contribution in [2.45, 2.75) is 44.7 Å². The number of aliphatic hydroxyl groups excluding tert-OH is 1. The van der Waals surface area contributed by atoms with Crippen LogP contribution in [0.25, 0.3) is 0 Å². The molecule has 1 heterocycles. The van der Waals surface area contributed by atoms with Crippen LogP contribution in [0.3, 0.4) is 0 Å². The van der Waals surface area contributed by atoms with E-state index >= 15 is 0 Å². The van der Waals surface area contributed by atoms with Crippen molar-refractivity contribution in [1.82, 2.24) is 0 Å². The van der Waals surface area contributed by atoms with Gasteiger partial charge in [-0.05, 0) is 36.5 Å². The lowest BCUT2D eigenvalue weighted by atomic mass is 9.96. The molecular weight excluding hydrogens is 296 g/mol. The molecule has 0 unspecified atom stereocenters. The minimum atomic E-state index is -0.363. The molecule has 1 aliphatic rings. The van der Waals surface area contributed by atoms with Gasteiger partial charge in [0.1, 0.15) is 11.9 Å². The van der Waals surface area contributed by atoms with E-state index in [9.17, 15) is 5.11 Å². The molecule has 5 heteroatoms. The van der Waals surface area contributed by atoms with Gasteiger partial charge in [-0.25, -0.2) is 0 Å². The Hall–Kier alpha value is -1.14. The number of rotatable bonds is 11. The molecule has 0 radical (unpaired) electrons. The average molecular weight is 324 g/mol. The minimum absolute atomic E-state index is 0.200. The molecule has 0 spiro atoms. The van der Waals surface area contributed by atoms with Crippen molar-refractivity contribution in [3.63, 3.8) is 0 Å².